The molecule has 0 aliphatic carbocycles. The molecule has 1 rings (SSSR count). The average Bonchev–Trinajstić information content (AvgIpc) is 2.56. The van der Waals surface area contributed by atoms with Crippen LogP contribution in [0, 0.1) is 0 Å². The molecule has 5 nitrogen and oxygen atoms in total. The Morgan fingerprint density at radius 2 is 1.88 bits per heavy atom. The quantitative estimate of drug-likeness (QED) is 0.413. The number of hydrogen-bond acceptors (Lipinski definition) is 7. The maximum atomic E-state index is 12.5. The molecule has 0 aliphatic heterocycles. The predicted molar refractivity (Wildman–Crippen MR) is 106 cm³/mol. The number of amides is 1. The second kappa shape index (κ2) is 10.6. The first-order chi connectivity index (χ1) is 11.4. The van der Waals surface area contributed by atoms with E-state index in [9.17, 15) is 9.59 Å². The highest BCUT2D eigenvalue weighted by Crippen LogP contribution is 2.25. The van der Waals surface area contributed by atoms with Gasteiger partial charge in [-0.3, -0.25) is 14.6 Å². The van der Waals surface area contributed by atoms with E-state index in [0.29, 0.717) is 16.7 Å². The minimum atomic E-state index is -0.483. The van der Waals surface area contributed by atoms with Crippen LogP contribution in [0.1, 0.15) is 20.8 Å². The highest BCUT2D eigenvalue weighted by atomic mass is 32.2. The monoisotopic (exact) mass is 386 g/mol. The molecule has 24 heavy (non-hydrogen) atoms. The molecule has 1 amide bonds. The van der Waals surface area contributed by atoms with Gasteiger partial charge in [0.05, 0.1) is 12.3 Å². The van der Waals surface area contributed by atoms with Gasteiger partial charge >= 0.3 is 11.2 Å². The number of carbonyl (C=O) groups is 2. The number of hydrazine groups is 1. The first kappa shape index (κ1) is 20.8. The minimum Gasteiger partial charge on any atom is -0.465 e. The predicted octanol–water partition coefficient (Wildman–Crippen LogP) is 4.18. The van der Waals surface area contributed by atoms with E-state index in [0.717, 1.165) is 29.2 Å². The van der Waals surface area contributed by atoms with Crippen molar-refractivity contribution in [2.75, 3.05) is 24.4 Å². The number of anilines is 1. The summed E-state index contributed by atoms with van der Waals surface area (Å²) < 4.78 is 5.31. The lowest BCUT2D eigenvalue weighted by Gasteiger charge is -2.33. The summed E-state index contributed by atoms with van der Waals surface area (Å²) in [7, 11) is 1.77. The third-order valence-electron chi connectivity index (χ3n) is 2.94. The number of para-hydroxylation sites is 1. The number of rotatable bonds is 6. The highest BCUT2D eigenvalue weighted by molar-refractivity contribution is 8.24. The summed E-state index contributed by atoms with van der Waals surface area (Å²) in [5.74, 6) is 0.293. The summed E-state index contributed by atoms with van der Waals surface area (Å²) in [6.07, 6.45) is 0. The molecule has 1 atom stereocenters. The van der Waals surface area contributed by atoms with Crippen molar-refractivity contribution in [2.24, 2.45) is 0 Å². The average molecular weight is 387 g/mol. The molecule has 1 aromatic rings. The number of esters is 1. The zero-order valence-electron chi connectivity index (χ0n) is 14.2. The van der Waals surface area contributed by atoms with Crippen LogP contribution in [-0.2, 0) is 9.53 Å². The summed E-state index contributed by atoms with van der Waals surface area (Å²) in [5.41, 5.74) is 0.828. The van der Waals surface area contributed by atoms with Crippen LogP contribution in [0.15, 0.2) is 30.3 Å². The Hall–Kier alpha value is -1.25. The molecule has 0 saturated carbocycles. The summed E-state index contributed by atoms with van der Waals surface area (Å²) in [4.78, 5) is 24.3. The van der Waals surface area contributed by atoms with Gasteiger partial charge in [0.2, 0.25) is 0 Å². The van der Waals surface area contributed by atoms with E-state index >= 15 is 0 Å². The number of thioether (sulfide) groups is 2. The van der Waals surface area contributed by atoms with E-state index in [1.54, 1.807) is 25.9 Å². The molecule has 1 unspecified atom stereocenters. The SMILES string of the molecule is CCOC(=O)C(C)SC(=S)N(C(=O)SCC)N(C)c1ccccc1. The van der Waals surface area contributed by atoms with Crippen LogP contribution < -0.4 is 5.01 Å². The van der Waals surface area contributed by atoms with Crippen molar-refractivity contribution in [3.05, 3.63) is 30.3 Å². The number of carbonyl (C=O) groups excluding carboxylic acids is 2. The van der Waals surface area contributed by atoms with E-state index in [1.807, 2.05) is 37.3 Å². The van der Waals surface area contributed by atoms with Gasteiger partial charge in [-0.15, -0.1) is 0 Å². The molecule has 0 fully saturated rings. The van der Waals surface area contributed by atoms with Crippen LogP contribution in [0.5, 0.6) is 0 Å². The van der Waals surface area contributed by atoms with Crippen LogP contribution >= 0.6 is 35.7 Å². The minimum absolute atomic E-state index is 0.183. The van der Waals surface area contributed by atoms with Gasteiger partial charge in [-0.2, -0.15) is 5.01 Å². The van der Waals surface area contributed by atoms with Crippen molar-refractivity contribution in [3.8, 4) is 0 Å². The normalized spacial score (nSPS) is 11.5. The zero-order chi connectivity index (χ0) is 18.1. The van der Waals surface area contributed by atoms with E-state index in [1.165, 1.54) is 5.01 Å². The first-order valence-corrected chi connectivity index (χ1v) is 9.82. The van der Waals surface area contributed by atoms with Gasteiger partial charge in [0, 0.05) is 7.05 Å². The lowest BCUT2D eigenvalue weighted by molar-refractivity contribution is -0.142. The Balaban J connectivity index is 2.95. The number of benzene rings is 1. The topological polar surface area (TPSA) is 49.9 Å². The fourth-order valence-electron chi connectivity index (χ4n) is 1.77. The Labute approximate surface area is 157 Å². The molecule has 0 radical (unpaired) electrons. The van der Waals surface area contributed by atoms with Crippen LogP contribution in [0.2, 0.25) is 0 Å². The summed E-state index contributed by atoms with van der Waals surface area (Å²) in [5, 5.41) is 2.44. The van der Waals surface area contributed by atoms with Gasteiger partial charge in [-0.05, 0) is 31.7 Å². The van der Waals surface area contributed by atoms with Crippen molar-refractivity contribution < 1.29 is 14.3 Å². The van der Waals surface area contributed by atoms with Gasteiger partial charge < -0.3 is 4.74 Å². The zero-order valence-corrected chi connectivity index (χ0v) is 16.7. The summed E-state index contributed by atoms with van der Waals surface area (Å²) in [6, 6.07) is 9.45. The summed E-state index contributed by atoms with van der Waals surface area (Å²) >= 11 is 7.73. The van der Waals surface area contributed by atoms with E-state index in [4.69, 9.17) is 17.0 Å². The van der Waals surface area contributed by atoms with Crippen LogP contribution in [0.4, 0.5) is 10.5 Å². The fourth-order valence-corrected chi connectivity index (χ4v) is 3.88. The van der Waals surface area contributed by atoms with E-state index < -0.39 is 5.25 Å². The molecule has 0 N–H and O–H groups in total. The number of hydrogen-bond donors (Lipinski definition) is 0. The van der Waals surface area contributed by atoms with E-state index in [2.05, 4.69) is 0 Å². The van der Waals surface area contributed by atoms with Gasteiger partial charge in [-0.25, -0.2) is 0 Å². The number of thiocarbonyl (C=S) groups is 1. The summed E-state index contributed by atoms with van der Waals surface area (Å²) in [6.45, 7) is 5.69. The highest BCUT2D eigenvalue weighted by Gasteiger charge is 2.27. The number of nitrogens with zero attached hydrogens (tertiary/aromatic N) is 2. The second-order valence-electron chi connectivity index (χ2n) is 4.65. The van der Waals surface area contributed by atoms with Crippen molar-refractivity contribution in [2.45, 2.75) is 26.0 Å². The van der Waals surface area contributed by atoms with Crippen LogP contribution in [0.25, 0.3) is 0 Å². The van der Waals surface area contributed by atoms with Crippen molar-refractivity contribution in [1.29, 1.82) is 0 Å². The third kappa shape index (κ3) is 5.99. The lowest BCUT2D eigenvalue weighted by atomic mass is 10.3. The van der Waals surface area contributed by atoms with Gasteiger partial charge in [-0.1, -0.05) is 60.9 Å². The molecule has 0 bridgehead atoms. The number of ether oxygens (including phenoxy) is 1. The lowest BCUT2D eigenvalue weighted by Crippen LogP contribution is -2.45. The molecule has 8 heteroatoms. The standard InChI is InChI=1S/C16H22N2O3S3/c1-5-21-14(19)12(3)24-16(22)18(15(20)23-6-2)17(4)13-10-8-7-9-11-13/h7-12H,5-6H2,1-4H3. The van der Waals surface area contributed by atoms with Gasteiger partial charge in [0.25, 0.3) is 0 Å². The first-order valence-electron chi connectivity index (χ1n) is 7.55. The molecule has 132 valence electrons. The van der Waals surface area contributed by atoms with Gasteiger partial charge in [0.1, 0.15) is 5.25 Å². The molecule has 0 heterocycles. The maximum absolute atomic E-state index is 12.5. The largest absolute Gasteiger partial charge is 0.465 e. The molecule has 0 aliphatic rings. The third-order valence-corrected chi connectivity index (χ3v) is 5.03. The molecule has 0 spiro atoms. The van der Waals surface area contributed by atoms with E-state index in [-0.39, 0.29) is 11.2 Å². The van der Waals surface area contributed by atoms with Crippen molar-refractivity contribution >= 4 is 57.0 Å². The smallest absolute Gasteiger partial charge is 0.319 e. The Bertz CT molecular complexity index is 569. The Kier molecular flexibility index (Phi) is 9.17. The molecular weight excluding hydrogens is 364 g/mol. The van der Waals surface area contributed by atoms with Crippen LogP contribution in [-0.4, -0.2) is 45.2 Å². The Morgan fingerprint density at radius 1 is 1.25 bits per heavy atom. The molecular formula is C16H22N2O3S3. The second-order valence-corrected chi connectivity index (χ2v) is 7.84. The van der Waals surface area contributed by atoms with Crippen molar-refractivity contribution in [1.82, 2.24) is 5.01 Å². The maximum Gasteiger partial charge on any atom is 0.319 e. The Morgan fingerprint density at radius 3 is 2.42 bits per heavy atom. The van der Waals surface area contributed by atoms with Crippen molar-refractivity contribution in [3.63, 3.8) is 0 Å². The molecule has 0 aromatic heterocycles. The fraction of sp³-hybridized carbons (Fsp3) is 0.438. The molecule has 1 aromatic carbocycles. The van der Waals surface area contributed by atoms with Gasteiger partial charge in [0.15, 0.2) is 4.32 Å². The van der Waals surface area contributed by atoms with Crippen LogP contribution in [0.3, 0.4) is 0 Å². The molecule has 0 saturated heterocycles.